The van der Waals surface area contributed by atoms with Crippen molar-refractivity contribution in [3.63, 3.8) is 0 Å². The number of rotatable bonds is 5. The van der Waals surface area contributed by atoms with Gasteiger partial charge in [0.25, 0.3) is 0 Å². The quantitative estimate of drug-likeness (QED) is 0.396. The van der Waals surface area contributed by atoms with Crippen LogP contribution in [0.25, 0.3) is 0 Å². The van der Waals surface area contributed by atoms with Gasteiger partial charge >= 0.3 is 0 Å². The first-order valence-corrected chi connectivity index (χ1v) is 15.6. The first-order chi connectivity index (χ1) is 21.4. The smallest absolute Gasteiger partial charge is 0.247 e. The molecule has 4 N–H and O–H groups in total. The normalized spacial score (nSPS) is 36.3. The third-order valence-electron chi connectivity index (χ3n) is 10.9. The van der Waals surface area contributed by atoms with Crippen LogP contribution in [0.5, 0.6) is 0 Å². The van der Waals surface area contributed by atoms with Gasteiger partial charge in [-0.3, -0.25) is 19.2 Å². The summed E-state index contributed by atoms with van der Waals surface area (Å²) in [6.07, 6.45) is 8.01. The van der Waals surface area contributed by atoms with Crippen molar-refractivity contribution in [2.45, 2.75) is 86.9 Å². The van der Waals surface area contributed by atoms with Gasteiger partial charge in [0.1, 0.15) is 36.5 Å². The minimum atomic E-state index is -0.822. The standard InChI is InChI=1S/C34H36N6O4/c1-3-5-13-23-29(43)39-25(27(41)35-23)17-33(19-11-7-9-15-21(19)37-31(33)39)34-18-26-28(42)36-24(14-6-4-2)30(44)40(26)32(34)38-22-16-10-8-12-20(22)34/h3-12,15-16,23-26,31-32,37-38H,13-14,17-18H2,1-2H3,(H,35,41)(H,36,42)/b5-3+,6-4+/t23-,24-,25-,26-,31+,32+,33?,34?/m0/s1. The van der Waals surface area contributed by atoms with Crippen LogP contribution in [0.3, 0.4) is 0 Å². The van der Waals surface area contributed by atoms with E-state index in [4.69, 9.17) is 0 Å². The number of nitrogens with zero attached hydrogens (tertiary/aromatic N) is 2. The van der Waals surface area contributed by atoms with E-state index in [-0.39, 0.29) is 23.6 Å². The zero-order chi connectivity index (χ0) is 30.4. The second-order valence-electron chi connectivity index (χ2n) is 12.8. The molecule has 4 fully saturated rings. The van der Waals surface area contributed by atoms with Gasteiger partial charge in [-0.2, -0.15) is 0 Å². The van der Waals surface area contributed by atoms with Gasteiger partial charge in [0, 0.05) is 11.4 Å². The van der Waals surface area contributed by atoms with Gasteiger partial charge in [-0.15, -0.1) is 0 Å². The van der Waals surface area contributed by atoms with E-state index in [1.165, 1.54) is 0 Å². The summed E-state index contributed by atoms with van der Waals surface area (Å²) in [5, 5.41) is 13.4. The molecule has 6 aliphatic heterocycles. The molecule has 226 valence electrons. The molecule has 44 heavy (non-hydrogen) atoms. The van der Waals surface area contributed by atoms with Crippen LogP contribution in [-0.4, -0.2) is 69.9 Å². The Bertz CT molecular complexity index is 1550. The summed E-state index contributed by atoms with van der Waals surface area (Å²) in [6, 6.07) is 13.4. The molecule has 0 spiro atoms. The number of carbonyl (C=O) groups is 4. The van der Waals surface area contributed by atoms with Crippen molar-refractivity contribution in [3.05, 3.63) is 84.0 Å². The first kappa shape index (κ1) is 27.0. The van der Waals surface area contributed by atoms with E-state index in [0.717, 1.165) is 22.5 Å². The van der Waals surface area contributed by atoms with Crippen molar-refractivity contribution in [2.24, 2.45) is 0 Å². The SMILES string of the molecule is C/C=C/C[C@@H]1NC(=O)[C@@H]2CC3(C45C[C@H]6C(=O)N[C@@H](C/C=C/C)C(=O)N6[C@H]4Nc4ccccc45)c4ccccc4N[C@@H]3N2C1=O. The predicted molar refractivity (Wildman–Crippen MR) is 164 cm³/mol. The summed E-state index contributed by atoms with van der Waals surface area (Å²) in [4.78, 5) is 59.6. The zero-order valence-corrected chi connectivity index (χ0v) is 24.7. The highest BCUT2D eigenvalue weighted by Crippen LogP contribution is 2.68. The van der Waals surface area contributed by atoms with Crippen molar-refractivity contribution in [1.82, 2.24) is 20.4 Å². The Morgan fingerprint density at radius 3 is 1.48 bits per heavy atom. The van der Waals surface area contributed by atoms with Gasteiger partial charge < -0.3 is 31.1 Å². The topological polar surface area (TPSA) is 123 Å². The van der Waals surface area contributed by atoms with Crippen LogP contribution in [0.2, 0.25) is 0 Å². The summed E-state index contributed by atoms with van der Waals surface area (Å²) in [6.45, 7) is 3.79. The minimum Gasteiger partial charge on any atom is -0.364 e. The molecule has 8 rings (SSSR count). The number of allylic oxidation sites excluding steroid dienone is 2. The Hall–Kier alpha value is -4.60. The van der Waals surface area contributed by atoms with E-state index in [1.807, 2.05) is 74.5 Å². The molecule has 4 saturated heterocycles. The number of fused-ring (bicyclic) bond motifs is 11. The molecule has 6 heterocycles. The lowest BCUT2D eigenvalue weighted by atomic mass is 9.54. The molecule has 8 atom stereocenters. The molecule has 6 aliphatic rings. The molecule has 0 aliphatic carbocycles. The third-order valence-corrected chi connectivity index (χ3v) is 10.9. The van der Waals surface area contributed by atoms with E-state index in [1.54, 1.807) is 9.80 Å². The number of hydrogen-bond acceptors (Lipinski definition) is 6. The fourth-order valence-corrected chi connectivity index (χ4v) is 9.27. The lowest BCUT2D eigenvalue weighted by Gasteiger charge is -2.48. The number of amides is 4. The Labute approximate surface area is 255 Å². The Balaban J connectivity index is 1.35. The average Bonchev–Trinajstić information content (AvgIpc) is 3.74. The van der Waals surface area contributed by atoms with Crippen molar-refractivity contribution in [2.75, 3.05) is 10.6 Å². The third kappa shape index (κ3) is 3.20. The zero-order valence-electron chi connectivity index (χ0n) is 24.7. The molecular weight excluding hydrogens is 556 g/mol. The van der Waals surface area contributed by atoms with Gasteiger partial charge in [-0.05, 0) is 62.8 Å². The van der Waals surface area contributed by atoms with Gasteiger partial charge in [-0.1, -0.05) is 60.7 Å². The number of hydrogen-bond donors (Lipinski definition) is 4. The highest BCUT2D eigenvalue weighted by molar-refractivity contribution is 6.01. The number of anilines is 2. The lowest BCUT2D eigenvalue weighted by Crippen LogP contribution is -2.66. The van der Waals surface area contributed by atoms with E-state index >= 15 is 0 Å². The second kappa shape index (κ2) is 9.45. The molecule has 0 saturated carbocycles. The molecule has 10 nitrogen and oxygen atoms in total. The largest absolute Gasteiger partial charge is 0.364 e. The number of nitrogens with one attached hydrogen (secondary N) is 4. The maximum atomic E-state index is 14.2. The van der Waals surface area contributed by atoms with Crippen LogP contribution in [-0.2, 0) is 30.0 Å². The minimum absolute atomic E-state index is 0.122. The van der Waals surface area contributed by atoms with Crippen LogP contribution in [0, 0.1) is 0 Å². The molecule has 2 aromatic rings. The number of carbonyl (C=O) groups excluding carboxylic acids is 4. The maximum Gasteiger partial charge on any atom is 0.247 e. The molecule has 4 amide bonds. The molecule has 10 heteroatoms. The van der Waals surface area contributed by atoms with Crippen LogP contribution in [0.15, 0.2) is 72.8 Å². The number of benzene rings is 2. The van der Waals surface area contributed by atoms with Crippen LogP contribution >= 0.6 is 0 Å². The van der Waals surface area contributed by atoms with E-state index in [2.05, 4.69) is 33.4 Å². The first-order valence-electron chi connectivity index (χ1n) is 15.6. The molecule has 2 aromatic carbocycles. The number of para-hydroxylation sites is 2. The van der Waals surface area contributed by atoms with Gasteiger partial charge in [0.15, 0.2) is 0 Å². The molecule has 2 unspecified atom stereocenters. The lowest BCUT2D eigenvalue weighted by molar-refractivity contribution is -0.149. The Morgan fingerprint density at radius 1 is 0.659 bits per heavy atom. The second-order valence-corrected chi connectivity index (χ2v) is 12.8. The average molecular weight is 593 g/mol. The molecule has 0 radical (unpaired) electrons. The van der Waals surface area contributed by atoms with Crippen LogP contribution < -0.4 is 21.3 Å². The van der Waals surface area contributed by atoms with Crippen molar-refractivity contribution in [3.8, 4) is 0 Å². The highest BCUT2D eigenvalue weighted by atomic mass is 16.2. The van der Waals surface area contributed by atoms with Crippen LogP contribution in [0.1, 0.15) is 50.7 Å². The summed E-state index contributed by atoms with van der Waals surface area (Å²) < 4.78 is 0. The molecule has 0 bridgehead atoms. The fourth-order valence-electron chi connectivity index (χ4n) is 9.27. The van der Waals surface area contributed by atoms with E-state index in [9.17, 15) is 19.2 Å². The summed E-state index contributed by atoms with van der Waals surface area (Å²) in [5.74, 6) is -0.586. The maximum absolute atomic E-state index is 14.2. The summed E-state index contributed by atoms with van der Waals surface area (Å²) >= 11 is 0. The molecule has 0 aromatic heterocycles. The summed E-state index contributed by atoms with van der Waals surface area (Å²) in [5.41, 5.74) is 2.18. The molecular formula is C34H36N6O4. The highest BCUT2D eigenvalue weighted by Gasteiger charge is 2.78. The van der Waals surface area contributed by atoms with Gasteiger partial charge in [0.2, 0.25) is 23.6 Å². The Kier molecular flexibility index (Phi) is 5.79. The van der Waals surface area contributed by atoms with Crippen molar-refractivity contribution >= 4 is 35.0 Å². The van der Waals surface area contributed by atoms with Gasteiger partial charge in [-0.25, -0.2) is 0 Å². The predicted octanol–water partition coefficient (Wildman–Crippen LogP) is 2.50. The van der Waals surface area contributed by atoms with Crippen molar-refractivity contribution < 1.29 is 19.2 Å². The Morgan fingerprint density at radius 2 is 1.07 bits per heavy atom. The van der Waals surface area contributed by atoms with Gasteiger partial charge in [0.05, 0.1) is 10.8 Å². The van der Waals surface area contributed by atoms with E-state index < -0.39 is 47.3 Å². The van der Waals surface area contributed by atoms with Crippen molar-refractivity contribution in [1.29, 1.82) is 0 Å². The summed E-state index contributed by atoms with van der Waals surface area (Å²) in [7, 11) is 0. The number of piperazine rings is 2. The van der Waals surface area contributed by atoms with E-state index in [0.29, 0.717) is 25.7 Å². The monoisotopic (exact) mass is 592 g/mol. The fraction of sp³-hybridized carbons (Fsp3) is 0.412. The van der Waals surface area contributed by atoms with Crippen LogP contribution in [0.4, 0.5) is 11.4 Å².